The number of carbonyl (C=O) groups is 1. The van der Waals surface area contributed by atoms with Crippen LogP contribution in [0.25, 0.3) is 0 Å². The highest BCUT2D eigenvalue weighted by Gasteiger charge is 2.27. The summed E-state index contributed by atoms with van der Waals surface area (Å²) in [5.41, 5.74) is 6.93. The molecule has 0 aromatic carbocycles. The van der Waals surface area contributed by atoms with E-state index < -0.39 is 0 Å². The van der Waals surface area contributed by atoms with Crippen molar-refractivity contribution in [2.24, 2.45) is 11.7 Å². The van der Waals surface area contributed by atoms with Crippen LogP contribution in [0, 0.1) is 5.92 Å². The lowest BCUT2D eigenvalue weighted by atomic mass is 10.1. The van der Waals surface area contributed by atoms with Crippen LogP contribution in [0.2, 0.25) is 0 Å². The van der Waals surface area contributed by atoms with Crippen LogP contribution in [-0.2, 0) is 11.3 Å². The molecule has 5 nitrogen and oxygen atoms in total. The van der Waals surface area contributed by atoms with E-state index in [0.717, 1.165) is 43.7 Å². The molecule has 2 fully saturated rings. The summed E-state index contributed by atoms with van der Waals surface area (Å²) >= 11 is 0. The lowest BCUT2D eigenvalue weighted by Gasteiger charge is -2.21. The first-order chi connectivity index (χ1) is 11.2. The average molecular weight is 316 g/mol. The van der Waals surface area contributed by atoms with Crippen LogP contribution in [0.4, 0.5) is 5.82 Å². The molecule has 1 saturated carbocycles. The molecule has 2 atom stereocenters. The van der Waals surface area contributed by atoms with E-state index in [-0.39, 0.29) is 17.9 Å². The van der Waals surface area contributed by atoms with Gasteiger partial charge in [0, 0.05) is 37.8 Å². The van der Waals surface area contributed by atoms with Crippen molar-refractivity contribution >= 4 is 11.7 Å². The second-order valence-corrected chi connectivity index (χ2v) is 6.91. The number of aromatic nitrogens is 1. The summed E-state index contributed by atoms with van der Waals surface area (Å²) in [5, 5.41) is 3.02. The van der Waals surface area contributed by atoms with Gasteiger partial charge in [0.05, 0.1) is 0 Å². The van der Waals surface area contributed by atoms with Gasteiger partial charge in [-0.15, -0.1) is 0 Å². The Morgan fingerprint density at radius 2 is 2.00 bits per heavy atom. The molecule has 2 heterocycles. The smallest absolute Gasteiger partial charge is 0.223 e. The second-order valence-electron chi connectivity index (χ2n) is 6.91. The zero-order chi connectivity index (χ0) is 16.1. The zero-order valence-electron chi connectivity index (χ0n) is 13.8. The molecule has 23 heavy (non-hydrogen) atoms. The number of nitrogens with two attached hydrogens (primary N) is 1. The van der Waals surface area contributed by atoms with Gasteiger partial charge >= 0.3 is 0 Å². The largest absolute Gasteiger partial charge is 0.357 e. The van der Waals surface area contributed by atoms with Gasteiger partial charge in [0.15, 0.2) is 0 Å². The van der Waals surface area contributed by atoms with Crippen LogP contribution < -0.4 is 16.0 Å². The molecule has 3 N–H and O–H groups in total. The number of rotatable bonds is 4. The highest BCUT2D eigenvalue weighted by Crippen LogP contribution is 2.24. The van der Waals surface area contributed by atoms with Crippen LogP contribution in [0.3, 0.4) is 0 Å². The van der Waals surface area contributed by atoms with Crippen LogP contribution in [0.1, 0.15) is 50.5 Å². The number of hydrogen-bond donors (Lipinski definition) is 2. The summed E-state index contributed by atoms with van der Waals surface area (Å²) in [4.78, 5) is 19.1. The molecule has 3 rings (SSSR count). The van der Waals surface area contributed by atoms with E-state index in [1.165, 1.54) is 25.7 Å². The molecular weight excluding hydrogens is 288 g/mol. The molecule has 0 radical (unpaired) electrons. The molecule has 5 heteroatoms. The van der Waals surface area contributed by atoms with Gasteiger partial charge < -0.3 is 16.0 Å². The van der Waals surface area contributed by atoms with Gasteiger partial charge in [-0.2, -0.15) is 0 Å². The number of nitrogens with zero attached hydrogens (tertiary/aromatic N) is 2. The number of amides is 1. The fourth-order valence-corrected chi connectivity index (χ4v) is 3.60. The molecule has 0 spiro atoms. The maximum absolute atomic E-state index is 12.1. The molecule has 0 bridgehead atoms. The lowest BCUT2D eigenvalue weighted by molar-refractivity contribution is -0.125. The Morgan fingerprint density at radius 3 is 2.61 bits per heavy atom. The molecule has 1 amide bonds. The van der Waals surface area contributed by atoms with E-state index >= 15 is 0 Å². The van der Waals surface area contributed by atoms with Crippen LogP contribution in [-0.4, -0.2) is 30.0 Å². The van der Waals surface area contributed by atoms with E-state index in [4.69, 9.17) is 5.73 Å². The molecule has 2 unspecified atom stereocenters. The fourth-order valence-electron chi connectivity index (χ4n) is 3.60. The number of carbonyl (C=O) groups excluding carboxylic acids is 1. The third-order valence-electron chi connectivity index (χ3n) is 5.05. The van der Waals surface area contributed by atoms with E-state index in [1.807, 2.05) is 6.20 Å². The van der Waals surface area contributed by atoms with Gasteiger partial charge in [-0.25, -0.2) is 4.98 Å². The topological polar surface area (TPSA) is 71.2 Å². The molecule has 2 aliphatic rings. The van der Waals surface area contributed by atoms with Crippen molar-refractivity contribution in [1.82, 2.24) is 10.3 Å². The molecule has 1 saturated heterocycles. The van der Waals surface area contributed by atoms with E-state index in [9.17, 15) is 4.79 Å². The third kappa shape index (κ3) is 4.44. The second kappa shape index (κ2) is 7.77. The number of anilines is 1. The average Bonchev–Trinajstić information content (AvgIpc) is 2.84. The highest BCUT2D eigenvalue weighted by molar-refractivity contribution is 5.79. The minimum absolute atomic E-state index is 0.0920. The predicted molar refractivity (Wildman–Crippen MR) is 92.1 cm³/mol. The van der Waals surface area contributed by atoms with Crippen molar-refractivity contribution in [3.63, 3.8) is 0 Å². The first-order valence-corrected chi connectivity index (χ1v) is 8.95. The number of pyridine rings is 1. The standard InChI is InChI=1S/C18H28N4O/c19-16-7-6-15(11-16)18(23)21-13-14-5-8-17(20-12-14)22-9-3-1-2-4-10-22/h5,8,12,15-16H,1-4,6-7,9-11,13,19H2,(H,21,23). The Labute approximate surface area is 138 Å². The van der Waals surface area contributed by atoms with Gasteiger partial charge in [-0.05, 0) is 43.7 Å². The van der Waals surface area contributed by atoms with Crippen molar-refractivity contribution in [1.29, 1.82) is 0 Å². The van der Waals surface area contributed by atoms with Crippen molar-refractivity contribution in [3.05, 3.63) is 23.9 Å². The predicted octanol–water partition coefficient (Wildman–Crippen LogP) is 2.21. The van der Waals surface area contributed by atoms with E-state index in [2.05, 4.69) is 27.3 Å². The Kier molecular flexibility index (Phi) is 5.49. The molecule has 1 aromatic rings. The third-order valence-corrected chi connectivity index (χ3v) is 5.05. The molecule has 1 aromatic heterocycles. The quantitative estimate of drug-likeness (QED) is 0.893. The summed E-state index contributed by atoms with van der Waals surface area (Å²) in [7, 11) is 0. The van der Waals surface area contributed by atoms with Gasteiger partial charge in [0.1, 0.15) is 5.82 Å². The Morgan fingerprint density at radius 1 is 1.22 bits per heavy atom. The fraction of sp³-hybridized carbons (Fsp3) is 0.667. The van der Waals surface area contributed by atoms with E-state index in [1.54, 1.807) is 0 Å². The molecule has 1 aliphatic carbocycles. The van der Waals surface area contributed by atoms with Gasteiger partial charge in [-0.1, -0.05) is 18.9 Å². The minimum Gasteiger partial charge on any atom is -0.357 e. The summed E-state index contributed by atoms with van der Waals surface area (Å²) in [6.07, 6.45) is 9.74. The van der Waals surface area contributed by atoms with Gasteiger partial charge in [0.25, 0.3) is 0 Å². The summed E-state index contributed by atoms with van der Waals surface area (Å²) in [6.45, 7) is 2.76. The first kappa shape index (κ1) is 16.2. The maximum atomic E-state index is 12.1. The van der Waals surface area contributed by atoms with Gasteiger partial charge in [-0.3, -0.25) is 4.79 Å². The van der Waals surface area contributed by atoms with Crippen molar-refractivity contribution < 1.29 is 4.79 Å². The summed E-state index contributed by atoms with van der Waals surface area (Å²) in [6, 6.07) is 4.35. The highest BCUT2D eigenvalue weighted by atomic mass is 16.1. The van der Waals surface area contributed by atoms with Crippen LogP contribution >= 0.6 is 0 Å². The SMILES string of the molecule is NC1CCC(C(=O)NCc2ccc(N3CCCCCC3)nc2)C1. The maximum Gasteiger partial charge on any atom is 0.223 e. The number of nitrogens with one attached hydrogen (secondary N) is 1. The van der Waals surface area contributed by atoms with Crippen molar-refractivity contribution in [2.45, 2.75) is 57.5 Å². The van der Waals surface area contributed by atoms with Gasteiger partial charge in [0.2, 0.25) is 5.91 Å². The Bertz CT molecular complexity index is 508. The van der Waals surface area contributed by atoms with Crippen molar-refractivity contribution in [3.8, 4) is 0 Å². The molecule has 1 aliphatic heterocycles. The first-order valence-electron chi connectivity index (χ1n) is 8.95. The van der Waals surface area contributed by atoms with E-state index in [0.29, 0.717) is 6.54 Å². The Hall–Kier alpha value is -1.62. The number of hydrogen-bond acceptors (Lipinski definition) is 4. The molecular formula is C18H28N4O. The monoisotopic (exact) mass is 316 g/mol. The summed E-state index contributed by atoms with van der Waals surface area (Å²) < 4.78 is 0. The molecule has 126 valence electrons. The Balaban J connectivity index is 1.50. The zero-order valence-corrected chi connectivity index (χ0v) is 13.8. The lowest BCUT2D eigenvalue weighted by Crippen LogP contribution is -2.30. The summed E-state index contributed by atoms with van der Waals surface area (Å²) in [5.74, 6) is 1.28. The van der Waals surface area contributed by atoms with Crippen LogP contribution in [0.5, 0.6) is 0 Å². The normalized spacial score (nSPS) is 25.2. The van der Waals surface area contributed by atoms with Crippen molar-refractivity contribution in [2.75, 3.05) is 18.0 Å². The van der Waals surface area contributed by atoms with Crippen LogP contribution in [0.15, 0.2) is 18.3 Å². The minimum atomic E-state index is 0.0920.